The van der Waals surface area contributed by atoms with Crippen molar-refractivity contribution in [3.8, 4) is 11.4 Å². The van der Waals surface area contributed by atoms with Gasteiger partial charge in [-0.1, -0.05) is 12.1 Å². The van der Waals surface area contributed by atoms with Crippen LogP contribution in [0.4, 0.5) is 5.69 Å². The van der Waals surface area contributed by atoms with E-state index in [4.69, 9.17) is 5.73 Å². The molecule has 0 aliphatic rings. The zero-order chi connectivity index (χ0) is 12.7. The number of nitrogens with one attached hydrogen (secondary N) is 1. The fourth-order valence-corrected chi connectivity index (χ4v) is 2.26. The summed E-state index contributed by atoms with van der Waals surface area (Å²) in [6.07, 6.45) is 0. The summed E-state index contributed by atoms with van der Waals surface area (Å²) in [5.41, 5.74) is 12.1. The Morgan fingerprint density at radius 1 is 1.06 bits per heavy atom. The Hall–Kier alpha value is -2.29. The van der Waals surface area contributed by atoms with Gasteiger partial charge in [0.2, 0.25) is 0 Å². The molecule has 3 rings (SSSR count). The van der Waals surface area contributed by atoms with Crippen LogP contribution >= 0.6 is 0 Å². The molecule has 2 aromatic carbocycles. The van der Waals surface area contributed by atoms with Gasteiger partial charge >= 0.3 is 0 Å². The predicted molar refractivity (Wildman–Crippen MR) is 75.4 cm³/mol. The Balaban J connectivity index is 2.23. The molecule has 3 heteroatoms. The number of nitrogens with two attached hydrogens (primary N) is 1. The minimum atomic E-state index is 0.781. The number of nitrogen functional groups attached to an aromatic ring is 1. The van der Waals surface area contributed by atoms with E-state index < -0.39 is 0 Å². The average molecular weight is 237 g/mol. The fourth-order valence-electron chi connectivity index (χ4n) is 2.26. The van der Waals surface area contributed by atoms with Crippen molar-refractivity contribution in [2.45, 2.75) is 13.8 Å². The number of imidazole rings is 1. The van der Waals surface area contributed by atoms with Crippen LogP contribution in [0.5, 0.6) is 0 Å². The van der Waals surface area contributed by atoms with E-state index in [9.17, 15) is 0 Å². The first-order chi connectivity index (χ1) is 8.65. The van der Waals surface area contributed by atoms with Crippen molar-refractivity contribution in [3.63, 3.8) is 0 Å². The number of hydrogen-bond donors (Lipinski definition) is 2. The van der Waals surface area contributed by atoms with E-state index in [2.05, 4.69) is 23.0 Å². The van der Waals surface area contributed by atoms with Gasteiger partial charge in [-0.15, -0.1) is 0 Å². The van der Waals surface area contributed by atoms with E-state index >= 15 is 0 Å². The van der Waals surface area contributed by atoms with Gasteiger partial charge in [0.15, 0.2) is 0 Å². The lowest BCUT2D eigenvalue weighted by atomic mass is 10.1. The summed E-state index contributed by atoms with van der Waals surface area (Å²) in [5, 5.41) is 0. The Bertz CT molecular complexity index is 726. The van der Waals surface area contributed by atoms with Crippen LogP contribution in [-0.2, 0) is 0 Å². The number of fused-ring (bicyclic) bond motifs is 1. The van der Waals surface area contributed by atoms with Crippen LogP contribution < -0.4 is 5.73 Å². The molecule has 0 unspecified atom stereocenters. The summed E-state index contributed by atoms with van der Waals surface area (Å²) in [5.74, 6) is 0.900. The molecule has 0 aliphatic carbocycles. The van der Waals surface area contributed by atoms with Gasteiger partial charge in [0.1, 0.15) is 5.82 Å². The molecule has 3 N–H and O–H groups in total. The lowest BCUT2D eigenvalue weighted by molar-refractivity contribution is 1.30. The van der Waals surface area contributed by atoms with Crippen molar-refractivity contribution in [1.29, 1.82) is 0 Å². The molecular weight excluding hydrogens is 222 g/mol. The van der Waals surface area contributed by atoms with E-state index in [1.807, 2.05) is 37.3 Å². The first-order valence-corrected chi connectivity index (χ1v) is 5.97. The molecule has 0 fully saturated rings. The number of nitrogens with zero attached hydrogens (tertiary/aromatic N) is 1. The van der Waals surface area contributed by atoms with Gasteiger partial charge < -0.3 is 10.7 Å². The molecule has 0 bridgehead atoms. The van der Waals surface area contributed by atoms with E-state index in [0.717, 1.165) is 33.7 Å². The first kappa shape index (κ1) is 10.8. The predicted octanol–water partition coefficient (Wildman–Crippen LogP) is 3.43. The Kier molecular flexibility index (Phi) is 2.33. The summed E-state index contributed by atoms with van der Waals surface area (Å²) < 4.78 is 0. The van der Waals surface area contributed by atoms with E-state index in [0.29, 0.717) is 0 Å². The Morgan fingerprint density at radius 2 is 1.89 bits per heavy atom. The second kappa shape index (κ2) is 3.88. The highest BCUT2D eigenvalue weighted by Gasteiger charge is 2.08. The molecule has 3 nitrogen and oxygen atoms in total. The molecule has 0 saturated carbocycles. The van der Waals surface area contributed by atoms with Crippen LogP contribution in [0.3, 0.4) is 0 Å². The molecule has 3 aromatic rings. The molecule has 0 atom stereocenters. The van der Waals surface area contributed by atoms with Crippen molar-refractivity contribution >= 4 is 16.7 Å². The molecule has 0 radical (unpaired) electrons. The molecular formula is C15H15N3. The number of aryl methyl sites for hydroxylation is 2. The van der Waals surface area contributed by atoms with Gasteiger partial charge in [-0.05, 0) is 49.2 Å². The normalized spacial score (nSPS) is 11.0. The highest BCUT2D eigenvalue weighted by atomic mass is 14.9. The molecule has 1 heterocycles. The molecule has 18 heavy (non-hydrogen) atoms. The standard InChI is InChI=1S/C15H15N3/c1-9-4-3-5-13-14(9)18-15(17-13)12-7-6-11(16)8-10(12)2/h3-8H,16H2,1-2H3,(H,17,18). The maximum atomic E-state index is 5.77. The lowest BCUT2D eigenvalue weighted by Crippen LogP contribution is -1.89. The van der Waals surface area contributed by atoms with Crippen molar-refractivity contribution in [2.24, 2.45) is 0 Å². The zero-order valence-corrected chi connectivity index (χ0v) is 10.5. The number of rotatable bonds is 1. The number of benzene rings is 2. The van der Waals surface area contributed by atoms with Gasteiger partial charge in [-0.25, -0.2) is 4.98 Å². The highest BCUT2D eigenvalue weighted by Crippen LogP contribution is 2.26. The van der Waals surface area contributed by atoms with E-state index in [-0.39, 0.29) is 0 Å². The van der Waals surface area contributed by atoms with Crippen LogP contribution in [0, 0.1) is 13.8 Å². The Morgan fingerprint density at radius 3 is 2.61 bits per heavy atom. The van der Waals surface area contributed by atoms with Crippen molar-refractivity contribution in [2.75, 3.05) is 5.73 Å². The number of H-pyrrole nitrogens is 1. The van der Waals surface area contributed by atoms with E-state index in [1.54, 1.807) is 0 Å². The van der Waals surface area contributed by atoms with Gasteiger partial charge in [0.25, 0.3) is 0 Å². The molecule has 0 saturated heterocycles. The number of anilines is 1. The average Bonchev–Trinajstić information content (AvgIpc) is 2.74. The smallest absolute Gasteiger partial charge is 0.138 e. The summed E-state index contributed by atoms with van der Waals surface area (Å²) in [6.45, 7) is 4.12. The molecule has 0 aliphatic heterocycles. The molecule has 0 amide bonds. The largest absolute Gasteiger partial charge is 0.399 e. The van der Waals surface area contributed by atoms with Crippen LogP contribution in [-0.4, -0.2) is 9.97 Å². The summed E-state index contributed by atoms with van der Waals surface area (Å²) in [7, 11) is 0. The van der Waals surface area contributed by atoms with Crippen LogP contribution in [0.2, 0.25) is 0 Å². The maximum Gasteiger partial charge on any atom is 0.138 e. The number of aromatic amines is 1. The van der Waals surface area contributed by atoms with Gasteiger partial charge in [-0.2, -0.15) is 0 Å². The quantitative estimate of drug-likeness (QED) is 0.637. The first-order valence-electron chi connectivity index (χ1n) is 5.97. The van der Waals surface area contributed by atoms with Gasteiger partial charge in [0.05, 0.1) is 11.0 Å². The van der Waals surface area contributed by atoms with Gasteiger partial charge in [-0.3, -0.25) is 0 Å². The molecule has 1 aromatic heterocycles. The summed E-state index contributed by atoms with van der Waals surface area (Å²) in [4.78, 5) is 8.04. The summed E-state index contributed by atoms with van der Waals surface area (Å²) >= 11 is 0. The minimum absolute atomic E-state index is 0.781. The zero-order valence-electron chi connectivity index (χ0n) is 10.5. The SMILES string of the molecule is Cc1cc(N)ccc1-c1nc2c(C)cccc2[nH]1. The molecule has 0 spiro atoms. The van der Waals surface area contributed by atoms with Crippen molar-refractivity contribution in [3.05, 3.63) is 47.5 Å². The van der Waals surface area contributed by atoms with E-state index in [1.165, 1.54) is 5.56 Å². The second-order valence-corrected chi connectivity index (χ2v) is 4.63. The number of para-hydroxylation sites is 1. The topological polar surface area (TPSA) is 54.7 Å². The third-order valence-corrected chi connectivity index (χ3v) is 3.22. The minimum Gasteiger partial charge on any atom is -0.399 e. The number of aromatic nitrogens is 2. The third kappa shape index (κ3) is 1.64. The van der Waals surface area contributed by atoms with Crippen LogP contribution in [0.25, 0.3) is 22.4 Å². The monoisotopic (exact) mass is 237 g/mol. The second-order valence-electron chi connectivity index (χ2n) is 4.63. The molecule has 90 valence electrons. The fraction of sp³-hybridized carbons (Fsp3) is 0.133. The maximum absolute atomic E-state index is 5.77. The Labute approximate surface area is 106 Å². The van der Waals surface area contributed by atoms with Crippen LogP contribution in [0.1, 0.15) is 11.1 Å². The summed E-state index contributed by atoms with van der Waals surface area (Å²) in [6, 6.07) is 12.0. The highest BCUT2D eigenvalue weighted by molar-refractivity contribution is 5.82. The van der Waals surface area contributed by atoms with Crippen molar-refractivity contribution < 1.29 is 0 Å². The van der Waals surface area contributed by atoms with Gasteiger partial charge in [0, 0.05) is 11.3 Å². The number of hydrogen-bond acceptors (Lipinski definition) is 2. The van der Waals surface area contributed by atoms with Crippen molar-refractivity contribution in [1.82, 2.24) is 9.97 Å². The lowest BCUT2D eigenvalue weighted by Gasteiger charge is -2.03. The third-order valence-electron chi connectivity index (χ3n) is 3.22. The van der Waals surface area contributed by atoms with Crippen LogP contribution in [0.15, 0.2) is 36.4 Å².